The van der Waals surface area contributed by atoms with Gasteiger partial charge in [-0.15, -0.1) is 0 Å². The summed E-state index contributed by atoms with van der Waals surface area (Å²) < 4.78 is 43.4. The fourth-order valence-corrected chi connectivity index (χ4v) is 4.35. The van der Waals surface area contributed by atoms with E-state index in [0.29, 0.717) is 33.0 Å². The molecule has 0 heterocycles. The molecule has 0 saturated carbocycles. The quantitative estimate of drug-likeness (QED) is 0.427. The van der Waals surface area contributed by atoms with Crippen LogP contribution >= 0.6 is 23.2 Å². The van der Waals surface area contributed by atoms with Gasteiger partial charge in [-0.2, -0.15) is 0 Å². The molecule has 0 bridgehead atoms. The molecule has 0 fully saturated rings. The third-order valence-corrected chi connectivity index (χ3v) is 6.14. The number of carbonyl (C=O) groups is 1. The normalized spacial score (nSPS) is 10.9. The van der Waals surface area contributed by atoms with E-state index >= 15 is 0 Å². The fraction of sp³-hybridized carbons (Fsp3) is 0.136. The molecule has 0 aliphatic heterocycles. The summed E-state index contributed by atoms with van der Waals surface area (Å²) in [6.45, 7) is -0.291. The van der Waals surface area contributed by atoms with Crippen molar-refractivity contribution in [2.24, 2.45) is 0 Å². The van der Waals surface area contributed by atoms with Crippen molar-refractivity contribution >= 4 is 50.5 Å². The number of ether oxygens (including phenoxy) is 3. The van der Waals surface area contributed by atoms with E-state index in [4.69, 9.17) is 37.4 Å². The lowest BCUT2D eigenvalue weighted by atomic mass is 10.2. The van der Waals surface area contributed by atoms with Gasteiger partial charge in [0, 0.05) is 16.1 Å². The maximum absolute atomic E-state index is 12.6. The first-order valence-electron chi connectivity index (χ1n) is 9.44. The van der Waals surface area contributed by atoms with Crippen molar-refractivity contribution in [3.05, 3.63) is 70.7 Å². The van der Waals surface area contributed by atoms with Crippen LogP contribution in [0.15, 0.2) is 65.6 Å². The molecule has 2 N–H and O–H groups in total. The Balaban J connectivity index is 1.60. The number of anilines is 2. The van der Waals surface area contributed by atoms with E-state index in [1.807, 2.05) is 0 Å². The number of amides is 1. The summed E-state index contributed by atoms with van der Waals surface area (Å²) >= 11 is 11.8. The molecule has 11 heteroatoms. The standard InChI is InChI=1S/C22H20Cl2N2O6S/c1-30-18-5-8-20(21(12-18)31-2)25-22(27)13-32-17-3-6-19(7-4-17)33(28,29)26-16-10-14(23)9-15(24)11-16/h3-12,26H,13H2,1-2H3,(H,25,27). The van der Waals surface area contributed by atoms with Crippen molar-refractivity contribution in [3.8, 4) is 17.2 Å². The van der Waals surface area contributed by atoms with E-state index in [1.54, 1.807) is 18.2 Å². The smallest absolute Gasteiger partial charge is 0.262 e. The van der Waals surface area contributed by atoms with Crippen LogP contribution in [-0.2, 0) is 14.8 Å². The van der Waals surface area contributed by atoms with Gasteiger partial charge in [-0.05, 0) is 54.6 Å². The Labute approximate surface area is 201 Å². The lowest BCUT2D eigenvalue weighted by molar-refractivity contribution is -0.118. The summed E-state index contributed by atoms with van der Waals surface area (Å²) in [7, 11) is -0.869. The maximum Gasteiger partial charge on any atom is 0.262 e. The van der Waals surface area contributed by atoms with Crippen LogP contribution in [0.2, 0.25) is 10.0 Å². The Morgan fingerprint density at radius 2 is 1.52 bits per heavy atom. The monoisotopic (exact) mass is 510 g/mol. The number of sulfonamides is 1. The van der Waals surface area contributed by atoms with Gasteiger partial charge in [-0.1, -0.05) is 23.2 Å². The fourth-order valence-electron chi connectivity index (χ4n) is 2.78. The zero-order valence-electron chi connectivity index (χ0n) is 17.6. The van der Waals surface area contributed by atoms with Crippen LogP contribution in [-0.4, -0.2) is 35.2 Å². The molecule has 174 valence electrons. The average Bonchev–Trinajstić information content (AvgIpc) is 2.77. The largest absolute Gasteiger partial charge is 0.497 e. The second-order valence-corrected chi connectivity index (χ2v) is 9.19. The van der Waals surface area contributed by atoms with Crippen LogP contribution in [0.4, 0.5) is 11.4 Å². The lowest BCUT2D eigenvalue weighted by Gasteiger charge is -2.12. The molecule has 0 aliphatic rings. The van der Waals surface area contributed by atoms with Crippen LogP contribution in [0, 0.1) is 0 Å². The minimum absolute atomic E-state index is 0.00151. The van der Waals surface area contributed by atoms with E-state index in [-0.39, 0.29) is 17.2 Å². The van der Waals surface area contributed by atoms with Gasteiger partial charge < -0.3 is 19.5 Å². The number of methoxy groups -OCH3 is 2. The number of carbonyl (C=O) groups excluding carboxylic acids is 1. The van der Waals surface area contributed by atoms with Crippen LogP contribution in [0.5, 0.6) is 17.2 Å². The molecule has 0 aliphatic carbocycles. The van der Waals surface area contributed by atoms with Gasteiger partial charge in [0.1, 0.15) is 17.2 Å². The molecule has 1 amide bonds. The summed E-state index contributed by atoms with van der Waals surface area (Å²) in [5.41, 5.74) is 0.694. The Bertz CT molecular complexity index is 1230. The maximum atomic E-state index is 12.6. The molecular formula is C22H20Cl2N2O6S. The van der Waals surface area contributed by atoms with Gasteiger partial charge in [0.25, 0.3) is 15.9 Å². The molecular weight excluding hydrogens is 491 g/mol. The van der Waals surface area contributed by atoms with Crippen molar-refractivity contribution in [1.29, 1.82) is 0 Å². The topological polar surface area (TPSA) is 103 Å². The van der Waals surface area contributed by atoms with E-state index in [1.165, 1.54) is 56.7 Å². The highest BCUT2D eigenvalue weighted by Gasteiger charge is 2.15. The Morgan fingerprint density at radius 1 is 0.879 bits per heavy atom. The summed E-state index contributed by atoms with van der Waals surface area (Å²) in [4.78, 5) is 12.2. The second-order valence-electron chi connectivity index (χ2n) is 6.64. The van der Waals surface area contributed by atoms with Crippen molar-refractivity contribution in [2.75, 3.05) is 30.9 Å². The predicted octanol–water partition coefficient (Wildman–Crippen LogP) is 4.83. The molecule has 0 radical (unpaired) electrons. The second kappa shape index (κ2) is 10.7. The molecule has 0 atom stereocenters. The van der Waals surface area contributed by atoms with Gasteiger partial charge in [0.15, 0.2) is 6.61 Å². The van der Waals surface area contributed by atoms with Crippen molar-refractivity contribution in [1.82, 2.24) is 0 Å². The average molecular weight is 511 g/mol. The van der Waals surface area contributed by atoms with Crippen molar-refractivity contribution in [3.63, 3.8) is 0 Å². The van der Waals surface area contributed by atoms with E-state index in [2.05, 4.69) is 10.0 Å². The predicted molar refractivity (Wildman–Crippen MR) is 127 cm³/mol. The minimum atomic E-state index is -3.88. The van der Waals surface area contributed by atoms with E-state index in [9.17, 15) is 13.2 Å². The lowest BCUT2D eigenvalue weighted by Crippen LogP contribution is -2.20. The zero-order chi connectivity index (χ0) is 24.0. The van der Waals surface area contributed by atoms with Gasteiger partial charge >= 0.3 is 0 Å². The first kappa shape index (κ1) is 24.5. The van der Waals surface area contributed by atoms with Gasteiger partial charge in [-0.3, -0.25) is 9.52 Å². The van der Waals surface area contributed by atoms with Gasteiger partial charge in [0.05, 0.1) is 30.5 Å². The molecule has 0 saturated heterocycles. The molecule has 3 aromatic carbocycles. The Kier molecular flexibility index (Phi) is 7.91. The van der Waals surface area contributed by atoms with Crippen LogP contribution in [0.1, 0.15) is 0 Å². The number of hydrogen-bond donors (Lipinski definition) is 2. The molecule has 0 unspecified atom stereocenters. The van der Waals surface area contributed by atoms with Crippen molar-refractivity contribution < 1.29 is 27.4 Å². The minimum Gasteiger partial charge on any atom is -0.497 e. The molecule has 3 rings (SSSR count). The third-order valence-electron chi connectivity index (χ3n) is 4.30. The first-order chi connectivity index (χ1) is 15.7. The summed E-state index contributed by atoms with van der Waals surface area (Å²) in [5.74, 6) is 0.918. The van der Waals surface area contributed by atoms with Crippen LogP contribution in [0.25, 0.3) is 0 Å². The highest BCUT2D eigenvalue weighted by Crippen LogP contribution is 2.29. The van der Waals surface area contributed by atoms with Crippen LogP contribution in [0.3, 0.4) is 0 Å². The zero-order valence-corrected chi connectivity index (χ0v) is 19.9. The van der Waals surface area contributed by atoms with E-state index in [0.717, 1.165) is 0 Å². The number of halogens is 2. The highest BCUT2D eigenvalue weighted by atomic mass is 35.5. The van der Waals surface area contributed by atoms with Crippen molar-refractivity contribution in [2.45, 2.75) is 4.90 Å². The van der Waals surface area contributed by atoms with Gasteiger partial charge in [-0.25, -0.2) is 8.42 Å². The van der Waals surface area contributed by atoms with Gasteiger partial charge in [0.2, 0.25) is 0 Å². The Hall–Kier alpha value is -3.14. The number of benzene rings is 3. The highest BCUT2D eigenvalue weighted by molar-refractivity contribution is 7.92. The summed E-state index contributed by atoms with van der Waals surface area (Å²) in [6, 6.07) is 15.0. The summed E-state index contributed by atoms with van der Waals surface area (Å²) in [6.07, 6.45) is 0. The number of hydrogen-bond acceptors (Lipinski definition) is 6. The molecule has 33 heavy (non-hydrogen) atoms. The SMILES string of the molecule is COc1ccc(NC(=O)COc2ccc(S(=O)(=O)Nc3cc(Cl)cc(Cl)c3)cc2)c(OC)c1. The van der Waals surface area contributed by atoms with E-state index < -0.39 is 15.9 Å². The Morgan fingerprint density at radius 3 is 2.12 bits per heavy atom. The molecule has 3 aromatic rings. The summed E-state index contributed by atoms with van der Waals surface area (Å²) in [5, 5.41) is 3.28. The molecule has 0 aromatic heterocycles. The molecule has 0 spiro atoms. The first-order valence-corrected chi connectivity index (χ1v) is 11.7. The van der Waals surface area contributed by atoms with Crippen LogP contribution < -0.4 is 24.2 Å². The number of nitrogens with one attached hydrogen (secondary N) is 2. The third kappa shape index (κ3) is 6.67. The molecule has 8 nitrogen and oxygen atoms in total. The number of rotatable bonds is 9.